The molecule has 0 bridgehead atoms. The van der Waals surface area contributed by atoms with E-state index in [1.54, 1.807) is 6.92 Å². The molecule has 1 atom stereocenters. The Morgan fingerprint density at radius 1 is 1.48 bits per heavy atom. The highest BCUT2D eigenvalue weighted by molar-refractivity contribution is 5.86. The van der Waals surface area contributed by atoms with Gasteiger partial charge in [-0.05, 0) is 45.4 Å². The second kappa shape index (κ2) is 7.90. The second-order valence-corrected chi connectivity index (χ2v) is 6.03. The van der Waals surface area contributed by atoms with Gasteiger partial charge in [0.05, 0.1) is 24.0 Å². The molecule has 0 aliphatic heterocycles. The van der Waals surface area contributed by atoms with Gasteiger partial charge in [0.1, 0.15) is 11.9 Å². The summed E-state index contributed by atoms with van der Waals surface area (Å²) in [6.45, 7) is 7.76. The first-order valence-electron chi connectivity index (χ1n) is 7.28. The lowest BCUT2D eigenvalue weighted by atomic mass is 10.0. The Kier molecular flexibility index (Phi) is 6.49. The number of aliphatic hydroxyl groups excluding tert-OH is 1. The van der Waals surface area contributed by atoms with Crippen LogP contribution in [-0.4, -0.2) is 29.9 Å². The Bertz CT molecular complexity index is 606. The number of benzene rings is 1. The molecule has 23 heavy (non-hydrogen) atoms. The van der Waals surface area contributed by atoms with Gasteiger partial charge in [-0.2, -0.15) is 5.26 Å². The summed E-state index contributed by atoms with van der Waals surface area (Å²) in [5.41, 5.74) is -0.290. The third-order valence-corrected chi connectivity index (χ3v) is 2.95. The average molecular weight is 323 g/mol. The van der Waals surface area contributed by atoms with E-state index in [1.807, 2.05) is 26.8 Å². The van der Waals surface area contributed by atoms with Gasteiger partial charge in [0, 0.05) is 12.1 Å². The molecule has 1 aromatic carbocycles. The molecule has 0 spiro atoms. The first-order valence-corrected chi connectivity index (χ1v) is 7.28. The highest BCUT2D eigenvalue weighted by Gasteiger charge is 2.19. The zero-order valence-electron chi connectivity index (χ0n) is 13.7. The first kappa shape index (κ1) is 18.9. The van der Waals surface area contributed by atoms with Crippen LogP contribution in [0.4, 0.5) is 14.9 Å². The lowest BCUT2D eigenvalue weighted by Crippen LogP contribution is -2.38. The molecule has 6 nitrogen and oxygen atoms in total. The predicted octanol–water partition coefficient (Wildman–Crippen LogP) is 2.69. The molecule has 1 amide bonds. The van der Waals surface area contributed by atoms with Gasteiger partial charge in [-0.1, -0.05) is 0 Å². The topological polar surface area (TPSA) is 94.4 Å². The minimum atomic E-state index is -0.979. The highest BCUT2D eigenvalue weighted by Crippen LogP contribution is 2.25. The third-order valence-electron chi connectivity index (χ3n) is 2.95. The van der Waals surface area contributed by atoms with E-state index in [9.17, 15) is 14.3 Å². The van der Waals surface area contributed by atoms with Crippen molar-refractivity contribution in [1.29, 1.82) is 5.26 Å². The van der Waals surface area contributed by atoms with Crippen molar-refractivity contribution in [3.63, 3.8) is 0 Å². The van der Waals surface area contributed by atoms with Gasteiger partial charge in [-0.3, -0.25) is 5.32 Å². The quantitative estimate of drug-likeness (QED) is 0.774. The Hall–Kier alpha value is -2.17. The van der Waals surface area contributed by atoms with Crippen LogP contribution in [0.1, 0.15) is 44.9 Å². The fourth-order valence-electron chi connectivity index (χ4n) is 1.83. The minimum absolute atomic E-state index is 0.0807. The normalized spacial score (nSPS) is 12.4. The lowest BCUT2D eigenvalue weighted by Gasteiger charge is -2.23. The van der Waals surface area contributed by atoms with Gasteiger partial charge in [0.25, 0.3) is 0 Å². The Labute approximate surface area is 135 Å². The number of carbonyl (C=O) groups is 1. The molecule has 1 rings (SSSR count). The average Bonchev–Trinajstić information content (AvgIpc) is 2.46. The number of nitrogens with one attached hydrogen (secondary N) is 2. The van der Waals surface area contributed by atoms with Crippen molar-refractivity contribution in [2.45, 2.75) is 39.3 Å². The Morgan fingerprint density at radius 3 is 2.65 bits per heavy atom. The van der Waals surface area contributed by atoms with Gasteiger partial charge in [-0.15, -0.1) is 0 Å². The predicted molar refractivity (Wildman–Crippen MR) is 84.5 cm³/mol. The molecule has 3 N–H and O–H groups in total. The summed E-state index contributed by atoms with van der Waals surface area (Å²) >= 11 is 0. The van der Waals surface area contributed by atoms with Crippen LogP contribution in [0.5, 0.6) is 0 Å². The SMILES string of the molecule is CCOC(=O)Nc1c(F)cc(C(O)CNC(C)(C)C)cc1C#N. The first-order chi connectivity index (χ1) is 10.7. The summed E-state index contributed by atoms with van der Waals surface area (Å²) in [5.74, 6) is -0.804. The lowest BCUT2D eigenvalue weighted by molar-refractivity contribution is 0.163. The number of carbonyl (C=O) groups excluding carboxylic acids is 1. The number of halogens is 1. The molecule has 0 saturated heterocycles. The van der Waals surface area contributed by atoms with Gasteiger partial charge >= 0.3 is 6.09 Å². The van der Waals surface area contributed by atoms with Gasteiger partial charge < -0.3 is 15.2 Å². The van der Waals surface area contributed by atoms with E-state index >= 15 is 0 Å². The minimum Gasteiger partial charge on any atom is -0.450 e. The molecular formula is C16H22FN3O3. The van der Waals surface area contributed by atoms with E-state index < -0.39 is 18.0 Å². The van der Waals surface area contributed by atoms with Crippen LogP contribution in [-0.2, 0) is 4.74 Å². The van der Waals surface area contributed by atoms with E-state index in [2.05, 4.69) is 15.4 Å². The van der Waals surface area contributed by atoms with E-state index in [1.165, 1.54) is 6.07 Å². The van der Waals surface area contributed by atoms with Crippen molar-refractivity contribution in [2.75, 3.05) is 18.5 Å². The maximum absolute atomic E-state index is 14.2. The molecule has 0 radical (unpaired) electrons. The third kappa shape index (κ3) is 5.85. The molecule has 7 heteroatoms. The number of nitriles is 1. The smallest absolute Gasteiger partial charge is 0.411 e. The van der Waals surface area contributed by atoms with Crippen LogP contribution in [0.15, 0.2) is 12.1 Å². The highest BCUT2D eigenvalue weighted by atomic mass is 19.1. The van der Waals surface area contributed by atoms with Crippen molar-refractivity contribution in [1.82, 2.24) is 5.32 Å². The molecule has 0 aromatic heterocycles. The van der Waals surface area contributed by atoms with E-state index in [0.29, 0.717) is 0 Å². The zero-order chi connectivity index (χ0) is 17.6. The molecule has 0 aliphatic rings. The Balaban J connectivity index is 3.00. The number of amides is 1. The van der Waals surface area contributed by atoms with E-state index in [-0.39, 0.29) is 35.5 Å². The van der Waals surface area contributed by atoms with Crippen LogP contribution in [0, 0.1) is 17.1 Å². The Morgan fingerprint density at radius 2 is 2.13 bits per heavy atom. The summed E-state index contributed by atoms with van der Waals surface area (Å²) in [6.07, 6.45) is -1.82. The number of anilines is 1. The van der Waals surface area contributed by atoms with Crippen molar-refractivity contribution in [3.05, 3.63) is 29.1 Å². The van der Waals surface area contributed by atoms with Gasteiger partial charge in [0.15, 0.2) is 0 Å². The molecule has 126 valence electrons. The molecule has 1 unspecified atom stereocenters. The van der Waals surface area contributed by atoms with Gasteiger partial charge in [-0.25, -0.2) is 9.18 Å². The number of β-amino-alcohol motifs (C(OH)–C–C–N with tert-alkyl or cyclic N) is 1. The number of hydrogen-bond acceptors (Lipinski definition) is 5. The number of aliphatic hydroxyl groups is 1. The number of ether oxygens (including phenoxy) is 1. The van der Waals surface area contributed by atoms with Crippen molar-refractivity contribution < 1.29 is 19.0 Å². The fraction of sp³-hybridized carbons (Fsp3) is 0.500. The number of nitrogens with zero attached hydrogens (tertiary/aromatic N) is 1. The largest absolute Gasteiger partial charge is 0.450 e. The van der Waals surface area contributed by atoms with Crippen LogP contribution in [0.3, 0.4) is 0 Å². The van der Waals surface area contributed by atoms with Crippen LogP contribution in [0.2, 0.25) is 0 Å². The molecule has 1 aromatic rings. The second-order valence-electron chi connectivity index (χ2n) is 6.03. The van der Waals surface area contributed by atoms with E-state index in [4.69, 9.17) is 5.26 Å². The number of rotatable bonds is 5. The summed E-state index contributed by atoms with van der Waals surface area (Å²) in [4.78, 5) is 11.4. The van der Waals surface area contributed by atoms with Crippen molar-refractivity contribution >= 4 is 11.8 Å². The van der Waals surface area contributed by atoms with Gasteiger partial charge in [0.2, 0.25) is 0 Å². The molecule has 0 aliphatic carbocycles. The van der Waals surface area contributed by atoms with Crippen LogP contribution >= 0.6 is 0 Å². The molecule has 0 heterocycles. The maximum Gasteiger partial charge on any atom is 0.411 e. The molecule has 0 fully saturated rings. The summed E-state index contributed by atoms with van der Waals surface area (Å²) in [6, 6.07) is 4.25. The maximum atomic E-state index is 14.2. The van der Waals surface area contributed by atoms with E-state index in [0.717, 1.165) is 6.07 Å². The molecular weight excluding hydrogens is 301 g/mol. The van der Waals surface area contributed by atoms with Crippen molar-refractivity contribution in [2.24, 2.45) is 0 Å². The summed E-state index contributed by atoms with van der Waals surface area (Å²) in [7, 11) is 0. The van der Waals surface area contributed by atoms with Crippen LogP contribution in [0.25, 0.3) is 0 Å². The number of hydrogen-bond donors (Lipinski definition) is 3. The summed E-state index contributed by atoms with van der Waals surface area (Å²) in [5, 5.41) is 24.6. The van der Waals surface area contributed by atoms with Crippen molar-refractivity contribution in [3.8, 4) is 6.07 Å². The standard InChI is InChI=1S/C16H22FN3O3/c1-5-23-15(22)20-14-11(8-18)6-10(7-12(14)17)13(21)9-19-16(2,3)4/h6-7,13,19,21H,5,9H2,1-4H3,(H,20,22). The zero-order valence-corrected chi connectivity index (χ0v) is 13.7. The molecule has 0 saturated carbocycles. The van der Waals surface area contributed by atoms with Crippen LogP contribution < -0.4 is 10.6 Å². The summed E-state index contributed by atoms with van der Waals surface area (Å²) < 4.78 is 18.8. The monoisotopic (exact) mass is 323 g/mol. The fourth-order valence-corrected chi connectivity index (χ4v) is 1.83.